The minimum Gasteiger partial charge on any atom is -0.373 e. The molecule has 10 heavy (non-hydrogen) atoms. The molecule has 2 rings (SSSR count). The summed E-state index contributed by atoms with van der Waals surface area (Å²) in [6.45, 7) is 2.03. The van der Waals surface area contributed by atoms with Crippen molar-refractivity contribution in [2.75, 3.05) is 11.2 Å². The second-order valence-electron chi connectivity index (χ2n) is 2.23. The average Bonchev–Trinajstić information content (AvgIpc) is 2.36. The fourth-order valence-electron chi connectivity index (χ4n) is 1.06. The Kier molecular flexibility index (Phi) is 1.31. The van der Waals surface area contributed by atoms with Crippen LogP contribution < -0.4 is 5.32 Å². The number of aromatic nitrogens is 1. The number of fused-ring (bicyclic) bond motifs is 1. The SMILES string of the molecule is Cc1nccc2c1NCS2. The number of nitrogens with zero attached hydrogens (tertiary/aromatic N) is 1. The summed E-state index contributed by atoms with van der Waals surface area (Å²) in [7, 11) is 0. The first-order valence-electron chi connectivity index (χ1n) is 3.20. The summed E-state index contributed by atoms with van der Waals surface area (Å²) >= 11 is 1.83. The molecule has 0 amide bonds. The molecular weight excluding hydrogens is 144 g/mol. The minimum absolute atomic E-state index is 0.988. The normalized spacial score (nSPS) is 14.5. The number of aryl methyl sites for hydroxylation is 1. The van der Waals surface area contributed by atoms with Gasteiger partial charge in [-0.3, -0.25) is 4.98 Å². The lowest BCUT2D eigenvalue weighted by Crippen LogP contribution is -1.92. The molecule has 3 heteroatoms. The fraction of sp³-hybridized carbons (Fsp3) is 0.286. The van der Waals surface area contributed by atoms with E-state index in [1.54, 1.807) is 0 Å². The van der Waals surface area contributed by atoms with Gasteiger partial charge in [-0.1, -0.05) is 0 Å². The van der Waals surface area contributed by atoms with Crippen LogP contribution in [0.15, 0.2) is 17.2 Å². The summed E-state index contributed by atoms with van der Waals surface area (Å²) in [6, 6.07) is 2.05. The quantitative estimate of drug-likeness (QED) is 0.614. The Bertz CT molecular complexity index is 260. The number of anilines is 1. The van der Waals surface area contributed by atoms with Crippen molar-refractivity contribution in [1.29, 1.82) is 0 Å². The summed E-state index contributed by atoms with van der Waals surface area (Å²) in [4.78, 5) is 5.50. The van der Waals surface area contributed by atoms with Gasteiger partial charge in [-0.05, 0) is 13.0 Å². The fourth-order valence-corrected chi connectivity index (χ4v) is 1.96. The third-order valence-electron chi connectivity index (χ3n) is 1.58. The molecule has 0 saturated heterocycles. The van der Waals surface area contributed by atoms with E-state index in [4.69, 9.17) is 0 Å². The number of pyridine rings is 1. The monoisotopic (exact) mass is 152 g/mol. The maximum atomic E-state index is 4.17. The van der Waals surface area contributed by atoms with Crippen LogP contribution in [0.4, 0.5) is 5.69 Å². The lowest BCUT2D eigenvalue weighted by Gasteiger charge is -1.99. The van der Waals surface area contributed by atoms with E-state index in [0.717, 1.165) is 11.6 Å². The van der Waals surface area contributed by atoms with Gasteiger partial charge >= 0.3 is 0 Å². The Morgan fingerprint density at radius 2 is 2.60 bits per heavy atom. The second-order valence-corrected chi connectivity index (χ2v) is 3.25. The van der Waals surface area contributed by atoms with Crippen LogP contribution in [0.25, 0.3) is 0 Å². The highest BCUT2D eigenvalue weighted by molar-refractivity contribution is 7.99. The number of rotatable bonds is 0. The minimum atomic E-state index is 0.988. The number of thioether (sulfide) groups is 1. The Hall–Kier alpha value is -0.700. The average molecular weight is 152 g/mol. The predicted molar refractivity (Wildman–Crippen MR) is 43.3 cm³/mol. The molecule has 1 aliphatic rings. The van der Waals surface area contributed by atoms with Gasteiger partial charge in [-0.15, -0.1) is 11.8 Å². The van der Waals surface area contributed by atoms with Crippen LogP contribution in [0.5, 0.6) is 0 Å². The van der Waals surface area contributed by atoms with Crippen LogP contribution in [-0.4, -0.2) is 10.9 Å². The summed E-state index contributed by atoms with van der Waals surface area (Å²) in [5.74, 6) is 0.988. The van der Waals surface area contributed by atoms with Crippen molar-refractivity contribution in [3.8, 4) is 0 Å². The molecule has 1 aromatic rings. The smallest absolute Gasteiger partial charge is 0.0701 e. The van der Waals surface area contributed by atoms with Crippen molar-refractivity contribution >= 4 is 17.4 Å². The van der Waals surface area contributed by atoms with E-state index in [9.17, 15) is 0 Å². The first-order valence-corrected chi connectivity index (χ1v) is 4.19. The molecule has 0 fully saturated rings. The Morgan fingerprint density at radius 1 is 1.70 bits per heavy atom. The standard InChI is InChI=1S/C7H8N2S/c1-5-7-6(2-3-8-5)10-4-9-7/h2-3,9H,4H2,1H3. The van der Waals surface area contributed by atoms with Crippen molar-refractivity contribution in [3.63, 3.8) is 0 Å². The third kappa shape index (κ3) is 0.778. The van der Waals surface area contributed by atoms with E-state index in [2.05, 4.69) is 10.3 Å². The first-order chi connectivity index (χ1) is 4.88. The molecule has 0 bridgehead atoms. The Balaban J connectivity index is 2.59. The van der Waals surface area contributed by atoms with Gasteiger partial charge in [0, 0.05) is 11.1 Å². The number of nitrogens with one attached hydrogen (secondary N) is 1. The second kappa shape index (κ2) is 2.16. The molecular formula is C7H8N2S. The lowest BCUT2D eigenvalue weighted by molar-refractivity contribution is 1.16. The van der Waals surface area contributed by atoms with Crippen LogP contribution in [0.1, 0.15) is 5.69 Å². The highest BCUT2D eigenvalue weighted by atomic mass is 32.2. The molecule has 0 spiro atoms. The van der Waals surface area contributed by atoms with Gasteiger partial charge in [0.1, 0.15) is 0 Å². The van der Waals surface area contributed by atoms with E-state index < -0.39 is 0 Å². The maximum Gasteiger partial charge on any atom is 0.0701 e. The summed E-state index contributed by atoms with van der Waals surface area (Å²) in [6.07, 6.45) is 1.86. The molecule has 0 aromatic carbocycles. The van der Waals surface area contributed by atoms with Gasteiger partial charge in [-0.25, -0.2) is 0 Å². The first kappa shape index (κ1) is 6.04. The zero-order valence-corrected chi connectivity index (χ0v) is 6.53. The van der Waals surface area contributed by atoms with Gasteiger partial charge in [0.05, 0.1) is 17.3 Å². The van der Waals surface area contributed by atoms with E-state index >= 15 is 0 Å². The van der Waals surface area contributed by atoms with E-state index in [1.165, 1.54) is 10.6 Å². The molecule has 0 unspecified atom stereocenters. The molecule has 1 N–H and O–H groups in total. The molecule has 0 radical (unpaired) electrons. The van der Waals surface area contributed by atoms with Crippen LogP contribution in [0.3, 0.4) is 0 Å². The Morgan fingerprint density at radius 3 is 3.40 bits per heavy atom. The van der Waals surface area contributed by atoms with Gasteiger partial charge < -0.3 is 5.32 Å². The van der Waals surface area contributed by atoms with Crippen LogP contribution in [-0.2, 0) is 0 Å². The summed E-state index contributed by atoms with van der Waals surface area (Å²) in [5.41, 5.74) is 2.31. The van der Waals surface area contributed by atoms with Crippen molar-refractivity contribution in [3.05, 3.63) is 18.0 Å². The molecule has 0 atom stereocenters. The van der Waals surface area contributed by atoms with Gasteiger partial charge in [0.15, 0.2) is 0 Å². The van der Waals surface area contributed by atoms with Gasteiger partial charge in [-0.2, -0.15) is 0 Å². The van der Waals surface area contributed by atoms with Crippen molar-refractivity contribution < 1.29 is 0 Å². The van der Waals surface area contributed by atoms with Crippen molar-refractivity contribution in [2.45, 2.75) is 11.8 Å². The topological polar surface area (TPSA) is 24.9 Å². The lowest BCUT2D eigenvalue weighted by atomic mass is 10.3. The molecule has 52 valence electrons. The van der Waals surface area contributed by atoms with Crippen molar-refractivity contribution in [1.82, 2.24) is 4.98 Å². The zero-order chi connectivity index (χ0) is 6.97. The molecule has 1 aliphatic heterocycles. The molecule has 2 heterocycles. The summed E-state index contributed by atoms with van der Waals surface area (Å²) in [5, 5.41) is 3.27. The van der Waals surface area contributed by atoms with E-state index in [0.29, 0.717) is 0 Å². The van der Waals surface area contributed by atoms with Gasteiger partial charge in [0.2, 0.25) is 0 Å². The third-order valence-corrected chi connectivity index (χ3v) is 2.52. The maximum absolute atomic E-state index is 4.17. The number of hydrogen-bond donors (Lipinski definition) is 1. The molecule has 0 saturated carbocycles. The molecule has 2 nitrogen and oxygen atoms in total. The highest BCUT2D eigenvalue weighted by Gasteiger charge is 2.11. The highest BCUT2D eigenvalue weighted by Crippen LogP contribution is 2.34. The predicted octanol–water partition coefficient (Wildman–Crippen LogP) is 1.87. The molecule has 1 aromatic heterocycles. The van der Waals surface area contributed by atoms with Crippen molar-refractivity contribution in [2.24, 2.45) is 0 Å². The molecule has 0 aliphatic carbocycles. The van der Waals surface area contributed by atoms with Crippen LogP contribution >= 0.6 is 11.8 Å². The van der Waals surface area contributed by atoms with E-state index in [-0.39, 0.29) is 0 Å². The largest absolute Gasteiger partial charge is 0.373 e. The summed E-state index contributed by atoms with van der Waals surface area (Å²) < 4.78 is 0. The Labute approximate surface area is 64.0 Å². The van der Waals surface area contributed by atoms with Crippen LogP contribution in [0.2, 0.25) is 0 Å². The number of hydrogen-bond acceptors (Lipinski definition) is 3. The van der Waals surface area contributed by atoms with Crippen LogP contribution in [0, 0.1) is 6.92 Å². The zero-order valence-electron chi connectivity index (χ0n) is 5.72. The van der Waals surface area contributed by atoms with Gasteiger partial charge in [0.25, 0.3) is 0 Å². The van der Waals surface area contributed by atoms with E-state index in [1.807, 2.05) is 30.9 Å².